The highest BCUT2D eigenvalue weighted by molar-refractivity contribution is 5.84. The monoisotopic (exact) mass is 356 g/mol. The summed E-state index contributed by atoms with van der Waals surface area (Å²) in [6, 6.07) is 7.19. The first-order valence-electron chi connectivity index (χ1n) is 10.3. The molecule has 1 aromatic carbocycles. The lowest BCUT2D eigenvalue weighted by molar-refractivity contribution is -0.131. The second-order valence-electron chi connectivity index (χ2n) is 8.44. The molecule has 0 aromatic heterocycles. The summed E-state index contributed by atoms with van der Waals surface area (Å²) in [5, 5.41) is 3.64. The normalized spacial score (nSPS) is 32.4. The molecule has 142 valence electrons. The van der Waals surface area contributed by atoms with Crippen molar-refractivity contribution in [2.45, 2.75) is 51.6 Å². The van der Waals surface area contributed by atoms with Crippen LogP contribution >= 0.6 is 0 Å². The van der Waals surface area contributed by atoms with Crippen LogP contribution in [0.5, 0.6) is 0 Å². The number of ether oxygens (including phenoxy) is 1. The quantitative estimate of drug-likeness (QED) is 0.900. The number of rotatable bonds is 4. The number of Topliss-reactive ketones (excluding diaryl/α,β-unsaturated/α-hetero) is 1. The molecular formula is C22H32N2O2. The lowest BCUT2D eigenvalue weighted by atomic mass is 9.72. The van der Waals surface area contributed by atoms with E-state index in [0.29, 0.717) is 30.2 Å². The van der Waals surface area contributed by atoms with Crippen molar-refractivity contribution in [3.8, 4) is 0 Å². The Labute approximate surface area is 157 Å². The van der Waals surface area contributed by atoms with E-state index < -0.39 is 0 Å². The lowest BCUT2D eigenvalue weighted by Crippen LogP contribution is -2.62. The maximum Gasteiger partial charge on any atom is 0.140 e. The Bertz CT molecular complexity index is 652. The molecule has 0 amide bonds. The summed E-state index contributed by atoms with van der Waals surface area (Å²) in [5.41, 5.74) is 3.74. The Balaban J connectivity index is 1.52. The zero-order chi connectivity index (χ0) is 18.1. The van der Waals surface area contributed by atoms with Gasteiger partial charge in [0.05, 0.1) is 13.2 Å². The number of likely N-dealkylation sites (tertiary alicyclic amines) is 1. The molecule has 0 radical (unpaired) electrons. The van der Waals surface area contributed by atoms with Crippen molar-refractivity contribution in [1.82, 2.24) is 10.2 Å². The minimum atomic E-state index is 0.164. The van der Waals surface area contributed by atoms with Crippen molar-refractivity contribution in [3.63, 3.8) is 0 Å². The van der Waals surface area contributed by atoms with Crippen molar-refractivity contribution >= 4 is 5.78 Å². The number of aryl methyl sites for hydroxylation is 2. The van der Waals surface area contributed by atoms with Gasteiger partial charge < -0.3 is 10.1 Å². The average molecular weight is 357 g/mol. The van der Waals surface area contributed by atoms with Gasteiger partial charge >= 0.3 is 0 Å². The van der Waals surface area contributed by atoms with Gasteiger partial charge in [0.25, 0.3) is 0 Å². The van der Waals surface area contributed by atoms with E-state index in [1.807, 2.05) is 0 Å². The van der Waals surface area contributed by atoms with Crippen molar-refractivity contribution in [1.29, 1.82) is 0 Å². The number of piperidine rings is 1. The van der Waals surface area contributed by atoms with E-state index in [2.05, 4.69) is 42.3 Å². The summed E-state index contributed by atoms with van der Waals surface area (Å²) < 4.78 is 5.92. The maximum atomic E-state index is 13.3. The number of fused-ring (bicyclic) bond motifs is 1. The molecule has 3 fully saturated rings. The molecule has 0 spiro atoms. The molecule has 3 heterocycles. The number of nitrogens with one attached hydrogen (secondary N) is 1. The van der Waals surface area contributed by atoms with Crippen LogP contribution in [-0.2, 0) is 16.0 Å². The van der Waals surface area contributed by atoms with Crippen LogP contribution in [0.25, 0.3) is 0 Å². The molecule has 1 aromatic rings. The Kier molecular flexibility index (Phi) is 5.44. The Morgan fingerprint density at radius 1 is 1.19 bits per heavy atom. The summed E-state index contributed by atoms with van der Waals surface area (Å²) in [4.78, 5) is 15.9. The summed E-state index contributed by atoms with van der Waals surface area (Å²) in [7, 11) is 0. The Morgan fingerprint density at radius 3 is 2.77 bits per heavy atom. The van der Waals surface area contributed by atoms with Crippen LogP contribution in [0.3, 0.4) is 0 Å². The molecule has 3 aliphatic heterocycles. The topological polar surface area (TPSA) is 41.6 Å². The number of nitrogens with zero attached hydrogens (tertiary/aromatic N) is 1. The van der Waals surface area contributed by atoms with Crippen molar-refractivity contribution in [2.24, 2.45) is 11.8 Å². The SMILES string of the molecule is Cc1ccc(CC(=O)C2CCN[C@@H]3COC[C@H](N4CCCC4)[C@@H]23)cc1C. The second-order valence-corrected chi connectivity index (χ2v) is 8.44. The van der Waals surface area contributed by atoms with E-state index in [-0.39, 0.29) is 5.92 Å². The van der Waals surface area contributed by atoms with E-state index >= 15 is 0 Å². The first-order chi connectivity index (χ1) is 12.6. The van der Waals surface area contributed by atoms with Gasteiger partial charge in [-0.05, 0) is 69.4 Å². The second kappa shape index (κ2) is 7.79. The fourth-order valence-corrected chi connectivity index (χ4v) is 5.21. The van der Waals surface area contributed by atoms with Gasteiger partial charge in [0.1, 0.15) is 5.78 Å². The van der Waals surface area contributed by atoms with Gasteiger partial charge in [-0.1, -0.05) is 18.2 Å². The number of carbonyl (C=O) groups is 1. The van der Waals surface area contributed by atoms with Gasteiger partial charge in [-0.3, -0.25) is 9.69 Å². The van der Waals surface area contributed by atoms with E-state index in [1.54, 1.807) is 0 Å². The molecule has 1 N–H and O–H groups in total. The Hall–Kier alpha value is -1.23. The molecule has 0 saturated carbocycles. The fraction of sp³-hybridized carbons (Fsp3) is 0.682. The number of hydrogen-bond acceptors (Lipinski definition) is 4. The summed E-state index contributed by atoms with van der Waals surface area (Å²) in [5.74, 6) is 0.989. The van der Waals surface area contributed by atoms with Crippen LogP contribution in [0.15, 0.2) is 18.2 Å². The zero-order valence-corrected chi connectivity index (χ0v) is 16.2. The van der Waals surface area contributed by atoms with Crippen molar-refractivity contribution < 1.29 is 9.53 Å². The van der Waals surface area contributed by atoms with Crippen LogP contribution in [0, 0.1) is 25.7 Å². The zero-order valence-electron chi connectivity index (χ0n) is 16.2. The summed E-state index contributed by atoms with van der Waals surface area (Å²) in [6.07, 6.45) is 4.10. The lowest BCUT2D eigenvalue weighted by Gasteiger charge is -2.48. The largest absolute Gasteiger partial charge is 0.378 e. The van der Waals surface area contributed by atoms with Crippen LogP contribution in [0.1, 0.15) is 36.0 Å². The minimum absolute atomic E-state index is 0.164. The van der Waals surface area contributed by atoms with Crippen LogP contribution in [0.2, 0.25) is 0 Å². The highest BCUT2D eigenvalue weighted by Crippen LogP contribution is 2.35. The smallest absolute Gasteiger partial charge is 0.140 e. The van der Waals surface area contributed by atoms with E-state index in [1.165, 1.54) is 24.0 Å². The van der Waals surface area contributed by atoms with Gasteiger partial charge in [-0.25, -0.2) is 0 Å². The molecule has 0 aliphatic carbocycles. The third-order valence-electron chi connectivity index (χ3n) is 6.79. The van der Waals surface area contributed by atoms with Gasteiger partial charge in [0.2, 0.25) is 0 Å². The van der Waals surface area contributed by atoms with E-state index in [4.69, 9.17) is 4.74 Å². The number of ketones is 1. The van der Waals surface area contributed by atoms with Crippen molar-refractivity contribution in [2.75, 3.05) is 32.8 Å². The number of benzene rings is 1. The van der Waals surface area contributed by atoms with Crippen molar-refractivity contribution in [3.05, 3.63) is 34.9 Å². The molecule has 3 aliphatic rings. The van der Waals surface area contributed by atoms with Gasteiger partial charge in [-0.15, -0.1) is 0 Å². The molecular weight excluding hydrogens is 324 g/mol. The first-order valence-corrected chi connectivity index (χ1v) is 10.3. The van der Waals surface area contributed by atoms with E-state index in [9.17, 15) is 4.79 Å². The summed E-state index contributed by atoms with van der Waals surface area (Å²) >= 11 is 0. The predicted octanol–water partition coefficient (Wildman–Crippen LogP) is 2.50. The van der Waals surface area contributed by atoms with Crippen LogP contribution in [-0.4, -0.2) is 55.6 Å². The number of carbonyl (C=O) groups excluding carboxylic acids is 1. The molecule has 26 heavy (non-hydrogen) atoms. The van der Waals surface area contributed by atoms with Gasteiger partial charge in [-0.2, -0.15) is 0 Å². The Morgan fingerprint density at radius 2 is 2.00 bits per heavy atom. The predicted molar refractivity (Wildman–Crippen MR) is 103 cm³/mol. The summed E-state index contributed by atoms with van der Waals surface area (Å²) in [6.45, 7) is 9.05. The third kappa shape index (κ3) is 3.60. The fourth-order valence-electron chi connectivity index (χ4n) is 5.21. The molecule has 1 unspecified atom stereocenters. The molecule has 4 heteroatoms. The molecule has 4 rings (SSSR count). The molecule has 3 saturated heterocycles. The highest BCUT2D eigenvalue weighted by atomic mass is 16.5. The van der Waals surface area contributed by atoms with Crippen LogP contribution < -0.4 is 5.32 Å². The van der Waals surface area contributed by atoms with Gasteiger partial charge in [0, 0.05) is 30.3 Å². The van der Waals surface area contributed by atoms with Gasteiger partial charge in [0.15, 0.2) is 0 Å². The average Bonchev–Trinajstić information content (AvgIpc) is 3.18. The highest BCUT2D eigenvalue weighted by Gasteiger charge is 2.46. The molecule has 0 bridgehead atoms. The van der Waals surface area contributed by atoms with E-state index in [0.717, 1.165) is 44.8 Å². The molecule has 4 nitrogen and oxygen atoms in total. The number of hydrogen-bond donors (Lipinski definition) is 1. The standard InChI is InChI=1S/C22H32N2O2/c1-15-5-6-17(11-16(15)2)12-21(25)18-7-8-23-19-13-26-14-20(22(18)19)24-9-3-4-10-24/h5-6,11,18-20,22-23H,3-4,7-10,12-14H2,1-2H3/t18?,19-,20+,22+/m1/s1. The first kappa shape index (κ1) is 18.1. The third-order valence-corrected chi connectivity index (χ3v) is 6.79. The minimum Gasteiger partial charge on any atom is -0.378 e. The molecule has 4 atom stereocenters. The maximum absolute atomic E-state index is 13.3. The van der Waals surface area contributed by atoms with Crippen LogP contribution in [0.4, 0.5) is 0 Å².